The van der Waals surface area contributed by atoms with Crippen LogP contribution in [-0.2, 0) is 14.1 Å². The summed E-state index contributed by atoms with van der Waals surface area (Å²) in [5.74, 6) is 1.36. The van der Waals surface area contributed by atoms with Crippen LogP contribution in [0.15, 0.2) is 0 Å². The zero-order valence-corrected chi connectivity index (χ0v) is 11.2. The zero-order valence-electron chi connectivity index (χ0n) is 11.2. The molecule has 94 valence electrons. The highest BCUT2D eigenvalue weighted by atomic mass is 16.7. The average Bonchev–Trinajstić information content (AvgIpc) is 3.09. The molecule has 1 saturated heterocycles. The standard InChI is InChI=1S/C13H21BO3/c1-12(2)13(3,4)17-14(16-12)10-7-9(10)11(15)8-5-6-8/h8-10H,5-7H2,1-4H3. The van der Waals surface area contributed by atoms with Gasteiger partial charge in [0.1, 0.15) is 5.78 Å². The van der Waals surface area contributed by atoms with Crippen LogP contribution < -0.4 is 0 Å². The van der Waals surface area contributed by atoms with Gasteiger partial charge in [0.05, 0.1) is 11.2 Å². The molecule has 0 bridgehead atoms. The van der Waals surface area contributed by atoms with E-state index in [1.54, 1.807) is 0 Å². The minimum absolute atomic E-state index is 0.173. The van der Waals surface area contributed by atoms with Crippen LogP contribution in [0.25, 0.3) is 0 Å². The SMILES string of the molecule is CC1(C)OB(C2CC2C(=O)C2CC2)OC1(C)C. The van der Waals surface area contributed by atoms with Gasteiger partial charge < -0.3 is 9.31 Å². The predicted molar refractivity (Wildman–Crippen MR) is 65.7 cm³/mol. The second kappa shape index (κ2) is 3.36. The van der Waals surface area contributed by atoms with Crippen LogP contribution in [0.5, 0.6) is 0 Å². The summed E-state index contributed by atoms with van der Waals surface area (Å²) in [6.07, 6.45) is 3.17. The predicted octanol–water partition coefficient (Wildman–Crippen LogP) is 2.45. The van der Waals surface area contributed by atoms with Gasteiger partial charge in [-0.3, -0.25) is 4.79 Å². The van der Waals surface area contributed by atoms with E-state index in [0.29, 0.717) is 17.5 Å². The summed E-state index contributed by atoms with van der Waals surface area (Å²) in [6, 6.07) is 0. The van der Waals surface area contributed by atoms with Crippen LogP contribution in [0.4, 0.5) is 0 Å². The normalized spacial score (nSPS) is 38.2. The molecule has 0 aromatic heterocycles. The molecule has 0 aromatic rings. The van der Waals surface area contributed by atoms with Gasteiger partial charge in [0.15, 0.2) is 0 Å². The highest BCUT2D eigenvalue weighted by molar-refractivity contribution is 6.49. The molecule has 0 amide bonds. The summed E-state index contributed by atoms with van der Waals surface area (Å²) in [7, 11) is -0.173. The molecule has 17 heavy (non-hydrogen) atoms. The summed E-state index contributed by atoms with van der Waals surface area (Å²) < 4.78 is 12.0. The molecule has 0 N–H and O–H groups in total. The van der Waals surface area contributed by atoms with E-state index in [1.165, 1.54) is 0 Å². The first-order valence-corrected chi connectivity index (χ1v) is 6.71. The van der Waals surface area contributed by atoms with Crippen molar-refractivity contribution in [2.75, 3.05) is 0 Å². The summed E-state index contributed by atoms with van der Waals surface area (Å²) in [6.45, 7) is 8.25. The molecule has 2 aliphatic carbocycles. The monoisotopic (exact) mass is 236 g/mol. The van der Waals surface area contributed by atoms with Crippen LogP contribution in [0.1, 0.15) is 47.0 Å². The number of Topliss-reactive ketones (excluding diaryl/α,β-unsaturated/α-hetero) is 1. The lowest BCUT2D eigenvalue weighted by molar-refractivity contribution is -0.121. The molecule has 4 heteroatoms. The largest absolute Gasteiger partial charge is 0.461 e. The van der Waals surface area contributed by atoms with Crippen molar-refractivity contribution in [2.45, 2.75) is 64.0 Å². The molecule has 2 atom stereocenters. The maximum Gasteiger partial charge on any atom is 0.461 e. The Morgan fingerprint density at radius 1 is 1.12 bits per heavy atom. The third kappa shape index (κ3) is 1.86. The molecular formula is C13H21BO3. The minimum atomic E-state index is -0.270. The number of ketones is 1. The van der Waals surface area contributed by atoms with Gasteiger partial charge >= 0.3 is 7.12 Å². The van der Waals surface area contributed by atoms with Gasteiger partial charge in [-0.2, -0.15) is 0 Å². The summed E-state index contributed by atoms with van der Waals surface area (Å²) in [5, 5.41) is 0. The van der Waals surface area contributed by atoms with Crippen molar-refractivity contribution in [2.24, 2.45) is 11.8 Å². The van der Waals surface area contributed by atoms with Crippen molar-refractivity contribution >= 4 is 12.9 Å². The Morgan fingerprint density at radius 3 is 2.12 bits per heavy atom. The lowest BCUT2D eigenvalue weighted by atomic mass is 9.80. The van der Waals surface area contributed by atoms with Gasteiger partial charge in [-0.1, -0.05) is 0 Å². The average molecular weight is 236 g/mol. The Hall–Kier alpha value is -0.345. The fourth-order valence-electron chi connectivity index (χ4n) is 2.58. The lowest BCUT2D eigenvalue weighted by Crippen LogP contribution is -2.41. The van der Waals surface area contributed by atoms with E-state index in [-0.39, 0.29) is 24.2 Å². The van der Waals surface area contributed by atoms with Crippen LogP contribution >= 0.6 is 0 Å². The van der Waals surface area contributed by atoms with Crippen molar-refractivity contribution in [3.63, 3.8) is 0 Å². The first kappa shape index (κ1) is 11.7. The first-order chi connectivity index (χ1) is 7.82. The maximum absolute atomic E-state index is 11.9. The Kier molecular flexibility index (Phi) is 2.31. The summed E-state index contributed by atoms with van der Waals surface area (Å²) in [5.41, 5.74) is -0.541. The smallest absolute Gasteiger partial charge is 0.403 e. The Balaban J connectivity index is 1.63. The number of rotatable bonds is 3. The van der Waals surface area contributed by atoms with E-state index < -0.39 is 0 Å². The van der Waals surface area contributed by atoms with Crippen molar-refractivity contribution < 1.29 is 14.1 Å². The van der Waals surface area contributed by atoms with Crippen molar-refractivity contribution in [1.82, 2.24) is 0 Å². The third-order valence-electron chi connectivity index (χ3n) is 4.81. The van der Waals surface area contributed by atoms with E-state index in [4.69, 9.17) is 9.31 Å². The van der Waals surface area contributed by atoms with E-state index in [1.807, 2.05) is 0 Å². The number of carbonyl (C=O) groups is 1. The molecule has 2 saturated carbocycles. The van der Waals surface area contributed by atoms with Gasteiger partial charge in [-0.25, -0.2) is 0 Å². The van der Waals surface area contributed by atoms with Crippen molar-refractivity contribution in [1.29, 1.82) is 0 Å². The Bertz CT molecular complexity index is 344. The molecular weight excluding hydrogens is 215 g/mol. The van der Waals surface area contributed by atoms with Crippen molar-refractivity contribution in [3.8, 4) is 0 Å². The first-order valence-electron chi connectivity index (χ1n) is 6.71. The van der Waals surface area contributed by atoms with E-state index in [2.05, 4.69) is 27.7 Å². The molecule has 0 spiro atoms. The Morgan fingerprint density at radius 2 is 1.65 bits per heavy atom. The second-order valence-electron chi connectivity index (χ2n) is 6.81. The number of hydrogen-bond acceptors (Lipinski definition) is 3. The van der Waals surface area contributed by atoms with Gasteiger partial charge in [-0.05, 0) is 47.0 Å². The van der Waals surface area contributed by atoms with E-state index in [9.17, 15) is 4.79 Å². The third-order valence-corrected chi connectivity index (χ3v) is 4.81. The molecule has 0 radical (unpaired) electrons. The van der Waals surface area contributed by atoms with E-state index in [0.717, 1.165) is 19.3 Å². The summed E-state index contributed by atoms with van der Waals surface area (Å²) >= 11 is 0. The quantitative estimate of drug-likeness (QED) is 0.706. The molecule has 2 unspecified atom stereocenters. The van der Waals surface area contributed by atoms with E-state index >= 15 is 0 Å². The van der Waals surface area contributed by atoms with Crippen LogP contribution in [0.3, 0.4) is 0 Å². The van der Waals surface area contributed by atoms with Gasteiger partial charge in [-0.15, -0.1) is 0 Å². The Labute approximate surface area is 103 Å². The van der Waals surface area contributed by atoms with Crippen LogP contribution in [0, 0.1) is 11.8 Å². The fourth-order valence-corrected chi connectivity index (χ4v) is 2.58. The highest BCUT2D eigenvalue weighted by Gasteiger charge is 2.62. The molecule has 3 fully saturated rings. The second-order valence-corrected chi connectivity index (χ2v) is 6.81. The summed E-state index contributed by atoms with van der Waals surface area (Å²) in [4.78, 5) is 11.9. The lowest BCUT2D eigenvalue weighted by Gasteiger charge is -2.32. The molecule has 3 nitrogen and oxygen atoms in total. The number of hydrogen-bond donors (Lipinski definition) is 0. The fraction of sp³-hybridized carbons (Fsp3) is 0.923. The van der Waals surface area contributed by atoms with Crippen molar-refractivity contribution in [3.05, 3.63) is 0 Å². The van der Waals surface area contributed by atoms with Gasteiger partial charge in [0.2, 0.25) is 0 Å². The topological polar surface area (TPSA) is 35.5 Å². The van der Waals surface area contributed by atoms with Crippen LogP contribution in [0.2, 0.25) is 5.82 Å². The maximum atomic E-state index is 11.9. The molecule has 1 heterocycles. The van der Waals surface area contributed by atoms with Gasteiger partial charge in [0, 0.05) is 17.7 Å². The number of carbonyl (C=O) groups excluding carboxylic acids is 1. The molecule has 3 aliphatic rings. The minimum Gasteiger partial charge on any atom is -0.403 e. The molecule has 1 aliphatic heterocycles. The molecule has 3 rings (SSSR count). The van der Waals surface area contributed by atoms with Crippen LogP contribution in [-0.4, -0.2) is 24.1 Å². The van der Waals surface area contributed by atoms with Gasteiger partial charge in [0.25, 0.3) is 0 Å². The highest BCUT2D eigenvalue weighted by Crippen LogP contribution is 2.55. The zero-order chi connectivity index (χ0) is 12.4. The molecule has 0 aromatic carbocycles.